The molecule has 1 heterocycles. The average Bonchev–Trinajstić information content (AvgIpc) is 3.10. The Kier molecular flexibility index (Phi) is 6.52. The summed E-state index contributed by atoms with van der Waals surface area (Å²) in [6.07, 6.45) is 0.146. The maximum Gasteiger partial charge on any atom is 0.262 e. The number of halogens is 1. The fraction of sp³-hybridized carbons (Fsp3) is 0.185. The normalized spacial score (nSPS) is 11.9. The van der Waals surface area contributed by atoms with Crippen LogP contribution in [0, 0.1) is 6.92 Å². The molecule has 4 rings (SSSR count). The van der Waals surface area contributed by atoms with Gasteiger partial charge in [0.2, 0.25) is 5.91 Å². The lowest BCUT2D eigenvalue weighted by molar-refractivity contribution is -0.121. The van der Waals surface area contributed by atoms with Crippen LogP contribution in [0.2, 0.25) is 5.02 Å². The van der Waals surface area contributed by atoms with Crippen LogP contribution in [0.3, 0.4) is 0 Å². The number of ether oxygens (including phenoxy) is 1. The van der Waals surface area contributed by atoms with Crippen molar-refractivity contribution >= 4 is 34.3 Å². The van der Waals surface area contributed by atoms with Crippen molar-refractivity contribution in [1.29, 1.82) is 0 Å². The zero-order chi connectivity index (χ0) is 23.5. The van der Waals surface area contributed by atoms with Crippen LogP contribution in [0.15, 0.2) is 72.8 Å². The second-order valence-electron chi connectivity index (χ2n) is 7.97. The maximum absolute atomic E-state index is 13.4. The molecule has 0 saturated heterocycles. The molecule has 1 aromatic heterocycles. The van der Waals surface area contributed by atoms with E-state index in [1.165, 1.54) is 0 Å². The molecule has 0 aliphatic heterocycles. The average molecular weight is 461 g/mol. The van der Waals surface area contributed by atoms with Gasteiger partial charge in [-0.05, 0) is 67.4 Å². The first-order valence-electron chi connectivity index (χ1n) is 10.7. The summed E-state index contributed by atoms with van der Waals surface area (Å²) in [5.74, 6) is 0.372. The molecule has 0 bridgehead atoms. The third-order valence-corrected chi connectivity index (χ3v) is 6.10. The molecule has 0 spiro atoms. The molecular formula is C27H25ClN2O3. The summed E-state index contributed by atoms with van der Waals surface area (Å²) in [4.78, 5) is 26.4. The molecule has 5 nitrogen and oxygen atoms in total. The Morgan fingerprint density at radius 2 is 1.73 bits per heavy atom. The van der Waals surface area contributed by atoms with Crippen LogP contribution in [-0.4, -0.2) is 23.5 Å². The van der Waals surface area contributed by atoms with Crippen LogP contribution >= 0.6 is 11.6 Å². The van der Waals surface area contributed by atoms with Gasteiger partial charge >= 0.3 is 0 Å². The van der Waals surface area contributed by atoms with Crippen molar-refractivity contribution in [3.05, 3.63) is 100 Å². The van der Waals surface area contributed by atoms with Gasteiger partial charge in [0.1, 0.15) is 5.75 Å². The van der Waals surface area contributed by atoms with Gasteiger partial charge in [-0.2, -0.15) is 0 Å². The molecular weight excluding hydrogens is 436 g/mol. The topological polar surface area (TPSA) is 60.3 Å². The van der Waals surface area contributed by atoms with Gasteiger partial charge in [0.15, 0.2) is 0 Å². The predicted molar refractivity (Wildman–Crippen MR) is 131 cm³/mol. The number of nitrogens with zero attached hydrogens (tertiary/aromatic N) is 1. The monoisotopic (exact) mass is 460 g/mol. The van der Waals surface area contributed by atoms with Gasteiger partial charge in [-0.1, -0.05) is 41.9 Å². The molecule has 1 atom stereocenters. The molecule has 3 aromatic carbocycles. The zero-order valence-electron chi connectivity index (χ0n) is 18.8. The highest BCUT2D eigenvalue weighted by Crippen LogP contribution is 2.31. The number of aromatic nitrogens is 1. The quantitative estimate of drug-likeness (QED) is 0.400. The smallest absolute Gasteiger partial charge is 0.262 e. The van der Waals surface area contributed by atoms with E-state index in [0.29, 0.717) is 16.3 Å². The van der Waals surface area contributed by atoms with Crippen molar-refractivity contribution in [2.24, 2.45) is 0 Å². The van der Waals surface area contributed by atoms with E-state index in [0.717, 1.165) is 27.7 Å². The second-order valence-corrected chi connectivity index (χ2v) is 8.41. The minimum absolute atomic E-state index is 0.115. The Labute approximate surface area is 197 Å². The van der Waals surface area contributed by atoms with Gasteiger partial charge in [-0.15, -0.1) is 0 Å². The van der Waals surface area contributed by atoms with E-state index < -0.39 is 0 Å². The van der Waals surface area contributed by atoms with E-state index in [1.807, 2.05) is 62.4 Å². The number of hydrogen-bond donors (Lipinski definition) is 1. The van der Waals surface area contributed by atoms with Crippen molar-refractivity contribution in [2.75, 3.05) is 7.11 Å². The van der Waals surface area contributed by atoms with Gasteiger partial charge in [0.05, 0.1) is 25.1 Å². The van der Waals surface area contributed by atoms with Crippen LogP contribution in [0.1, 0.15) is 40.1 Å². The largest absolute Gasteiger partial charge is 0.497 e. The molecule has 0 saturated carbocycles. The number of carbonyl (C=O) groups excluding carboxylic acids is 2. The summed E-state index contributed by atoms with van der Waals surface area (Å²) in [7, 11) is 1.60. The number of carbonyl (C=O) groups is 2. The van der Waals surface area contributed by atoms with Crippen LogP contribution in [0.5, 0.6) is 5.75 Å². The molecule has 0 fully saturated rings. The molecule has 0 unspecified atom stereocenters. The van der Waals surface area contributed by atoms with Gasteiger partial charge in [0, 0.05) is 21.7 Å². The first kappa shape index (κ1) is 22.6. The highest BCUT2D eigenvalue weighted by atomic mass is 35.5. The van der Waals surface area contributed by atoms with E-state index in [-0.39, 0.29) is 24.3 Å². The molecule has 0 radical (unpaired) electrons. The third kappa shape index (κ3) is 4.64. The standard InChI is InChI=1S/C27H25ClN2O3/c1-17(19-7-5-4-6-8-19)29-26(31)16-23-18(2)30(25-14-13-22(33-3)15-24(23)25)27(32)20-9-11-21(28)12-10-20/h4-15,17H,16H2,1-3H3,(H,29,31)/t17-/m0/s1. The number of fused-ring (bicyclic) bond motifs is 1. The first-order chi connectivity index (χ1) is 15.9. The lowest BCUT2D eigenvalue weighted by Crippen LogP contribution is -2.28. The Morgan fingerprint density at radius 3 is 2.39 bits per heavy atom. The van der Waals surface area contributed by atoms with Gasteiger partial charge < -0.3 is 10.1 Å². The lowest BCUT2D eigenvalue weighted by Gasteiger charge is -2.14. The summed E-state index contributed by atoms with van der Waals surface area (Å²) in [5, 5.41) is 4.44. The van der Waals surface area contributed by atoms with Gasteiger partial charge in [-0.25, -0.2) is 0 Å². The van der Waals surface area contributed by atoms with Gasteiger partial charge in [0.25, 0.3) is 5.91 Å². The number of methoxy groups -OCH3 is 1. The zero-order valence-corrected chi connectivity index (χ0v) is 19.5. The first-order valence-corrected chi connectivity index (χ1v) is 11.1. The van der Waals surface area contributed by atoms with E-state index in [1.54, 1.807) is 35.9 Å². The number of benzene rings is 3. The second kappa shape index (κ2) is 9.51. The van der Waals surface area contributed by atoms with E-state index >= 15 is 0 Å². The fourth-order valence-corrected chi connectivity index (χ4v) is 4.20. The number of rotatable bonds is 6. The van der Waals surface area contributed by atoms with Crippen molar-refractivity contribution in [1.82, 2.24) is 9.88 Å². The number of nitrogens with one attached hydrogen (secondary N) is 1. The highest BCUT2D eigenvalue weighted by molar-refractivity contribution is 6.30. The Morgan fingerprint density at radius 1 is 1.03 bits per heavy atom. The van der Waals surface area contributed by atoms with Crippen molar-refractivity contribution in [3.8, 4) is 5.75 Å². The molecule has 1 amide bonds. The van der Waals surface area contributed by atoms with E-state index in [4.69, 9.17) is 16.3 Å². The summed E-state index contributed by atoms with van der Waals surface area (Å²) in [6, 6.07) is 22.0. The summed E-state index contributed by atoms with van der Waals surface area (Å²) in [6.45, 7) is 3.82. The fourth-order valence-electron chi connectivity index (χ4n) is 4.07. The minimum Gasteiger partial charge on any atom is -0.497 e. The summed E-state index contributed by atoms with van der Waals surface area (Å²) >= 11 is 5.99. The summed E-state index contributed by atoms with van der Waals surface area (Å²) in [5.41, 5.74) is 3.80. The third-order valence-electron chi connectivity index (χ3n) is 5.85. The minimum atomic E-state index is -0.177. The molecule has 6 heteroatoms. The maximum atomic E-state index is 13.4. The molecule has 0 aliphatic rings. The van der Waals surface area contributed by atoms with E-state index in [2.05, 4.69) is 5.32 Å². The lowest BCUT2D eigenvalue weighted by atomic mass is 10.1. The Hall–Kier alpha value is -3.57. The summed E-state index contributed by atoms with van der Waals surface area (Å²) < 4.78 is 7.06. The van der Waals surface area contributed by atoms with Gasteiger partial charge in [-0.3, -0.25) is 14.2 Å². The van der Waals surface area contributed by atoms with Crippen molar-refractivity contribution in [3.63, 3.8) is 0 Å². The SMILES string of the molecule is COc1ccc2c(c1)c(CC(=O)N[C@@H](C)c1ccccc1)c(C)n2C(=O)c1ccc(Cl)cc1. The number of hydrogen-bond acceptors (Lipinski definition) is 3. The van der Waals surface area contributed by atoms with Crippen LogP contribution < -0.4 is 10.1 Å². The molecule has 4 aromatic rings. The Balaban J connectivity index is 1.71. The molecule has 1 N–H and O–H groups in total. The highest BCUT2D eigenvalue weighted by Gasteiger charge is 2.22. The van der Waals surface area contributed by atoms with Crippen LogP contribution in [0.25, 0.3) is 10.9 Å². The van der Waals surface area contributed by atoms with Crippen LogP contribution in [0.4, 0.5) is 0 Å². The number of amides is 1. The molecule has 0 aliphatic carbocycles. The van der Waals surface area contributed by atoms with E-state index in [9.17, 15) is 9.59 Å². The van der Waals surface area contributed by atoms with Crippen molar-refractivity contribution in [2.45, 2.75) is 26.3 Å². The van der Waals surface area contributed by atoms with Crippen molar-refractivity contribution < 1.29 is 14.3 Å². The Bertz CT molecular complexity index is 1310. The van der Waals surface area contributed by atoms with Crippen LogP contribution in [-0.2, 0) is 11.2 Å². The molecule has 168 valence electrons. The molecule has 33 heavy (non-hydrogen) atoms. The predicted octanol–water partition coefficient (Wildman–Crippen LogP) is 5.72.